The number of H-pyrrole nitrogens is 1. The topological polar surface area (TPSA) is 50.7 Å². The fraction of sp³-hybridized carbons (Fsp3) is 0.385. The van der Waals surface area contributed by atoms with Gasteiger partial charge in [0.25, 0.3) is 0 Å². The van der Waals surface area contributed by atoms with E-state index in [0.717, 1.165) is 16.7 Å². The van der Waals surface area contributed by atoms with E-state index in [1.54, 1.807) is 16.3 Å². The lowest BCUT2D eigenvalue weighted by molar-refractivity contribution is 0.534. The lowest BCUT2D eigenvalue weighted by Gasteiger charge is -2.08. The number of benzene rings is 1. The molecule has 0 aliphatic rings. The van der Waals surface area contributed by atoms with Gasteiger partial charge in [-0.05, 0) is 26.0 Å². The normalized spacial score (nSPS) is 11.1. The molecule has 0 unspecified atom stereocenters. The number of nitrogens with one attached hydrogen (secondary N) is 1. The Labute approximate surface area is 121 Å². The van der Waals surface area contributed by atoms with Gasteiger partial charge < -0.3 is 0 Å². The van der Waals surface area contributed by atoms with Crippen LogP contribution in [0.1, 0.15) is 19.9 Å². The van der Waals surface area contributed by atoms with E-state index in [1.165, 1.54) is 4.90 Å². The molecular formula is C13H17N3OS2. The van der Waals surface area contributed by atoms with Crippen molar-refractivity contribution in [3.8, 4) is 0 Å². The van der Waals surface area contributed by atoms with Crippen molar-refractivity contribution in [2.24, 2.45) is 0 Å². The van der Waals surface area contributed by atoms with Crippen LogP contribution in [0.2, 0.25) is 0 Å². The third-order valence-corrected chi connectivity index (χ3v) is 4.74. The number of nitrogens with zero attached hydrogens (tertiary/aromatic N) is 2. The van der Waals surface area contributed by atoms with Gasteiger partial charge in [-0.15, -0.1) is 16.9 Å². The van der Waals surface area contributed by atoms with E-state index < -0.39 is 0 Å². The lowest BCUT2D eigenvalue weighted by atomic mass is 10.4. The highest BCUT2D eigenvalue weighted by atomic mass is 32.2. The van der Waals surface area contributed by atoms with Gasteiger partial charge >= 0.3 is 5.69 Å². The Morgan fingerprint density at radius 2 is 1.89 bits per heavy atom. The molecular weight excluding hydrogens is 278 g/mol. The molecule has 4 nitrogen and oxygen atoms in total. The van der Waals surface area contributed by atoms with Gasteiger partial charge in [0, 0.05) is 22.4 Å². The number of aromatic amines is 1. The Kier molecular flexibility index (Phi) is 5.15. The molecule has 0 saturated carbocycles. The molecule has 0 aliphatic heterocycles. The minimum Gasteiger partial charge on any atom is -0.268 e. The zero-order valence-corrected chi connectivity index (χ0v) is 12.6. The second-order valence-electron chi connectivity index (χ2n) is 4.29. The van der Waals surface area contributed by atoms with Crippen LogP contribution in [-0.4, -0.2) is 26.3 Å². The third kappa shape index (κ3) is 3.91. The number of aromatic nitrogens is 3. The van der Waals surface area contributed by atoms with Crippen molar-refractivity contribution in [3.05, 3.63) is 40.8 Å². The minimum atomic E-state index is -0.131. The standard InChI is InChI=1S/C13H17N3OS2/c1-10(2)16-12(17)14-15-13(16)19-9-8-18-11-6-4-3-5-7-11/h3-7,10H,8-9H2,1-2H3,(H,14,17). The average molecular weight is 295 g/mol. The summed E-state index contributed by atoms with van der Waals surface area (Å²) in [6.07, 6.45) is 0. The molecule has 0 atom stereocenters. The Morgan fingerprint density at radius 3 is 2.58 bits per heavy atom. The van der Waals surface area contributed by atoms with E-state index >= 15 is 0 Å². The van der Waals surface area contributed by atoms with Crippen molar-refractivity contribution >= 4 is 23.5 Å². The van der Waals surface area contributed by atoms with Crippen molar-refractivity contribution < 1.29 is 0 Å². The summed E-state index contributed by atoms with van der Waals surface area (Å²) in [4.78, 5) is 12.8. The molecule has 0 radical (unpaired) electrons. The van der Waals surface area contributed by atoms with Crippen LogP contribution in [0.4, 0.5) is 0 Å². The van der Waals surface area contributed by atoms with E-state index in [4.69, 9.17) is 0 Å². The molecule has 19 heavy (non-hydrogen) atoms. The number of rotatable bonds is 6. The van der Waals surface area contributed by atoms with Crippen LogP contribution < -0.4 is 5.69 Å². The number of hydrogen-bond acceptors (Lipinski definition) is 4. The predicted molar refractivity (Wildman–Crippen MR) is 81.1 cm³/mol. The zero-order chi connectivity index (χ0) is 13.7. The van der Waals surface area contributed by atoms with Crippen LogP contribution in [0.25, 0.3) is 0 Å². The highest BCUT2D eigenvalue weighted by molar-refractivity contribution is 8.02. The van der Waals surface area contributed by atoms with Gasteiger partial charge in [0.05, 0.1) is 0 Å². The summed E-state index contributed by atoms with van der Waals surface area (Å²) >= 11 is 3.43. The van der Waals surface area contributed by atoms with Crippen LogP contribution in [0.5, 0.6) is 0 Å². The van der Waals surface area contributed by atoms with Gasteiger partial charge in [0.1, 0.15) is 0 Å². The van der Waals surface area contributed by atoms with Crippen molar-refractivity contribution in [2.75, 3.05) is 11.5 Å². The highest BCUT2D eigenvalue weighted by Crippen LogP contribution is 2.22. The molecule has 0 bridgehead atoms. The van der Waals surface area contributed by atoms with Crippen LogP contribution in [0.15, 0.2) is 45.2 Å². The summed E-state index contributed by atoms with van der Waals surface area (Å²) in [6, 6.07) is 10.4. The molecule has 0 amide bonds. The summed E-state index contributed by atoms with van der Waals surface area (Å²) in [5.74, 6) is 1.92. The molecule has 2 rings (SSSR count). The molecule has 0 saturated heterocycles. The average Bonchev–Trinajstić information content (AvgIpc) is 2.77. The second-order valence-corrected chi connectivity index (χ2v) is 6.52. The van der Waals surface area contributed by atoms with Crippen molar-refractivity contribution in [2.45, 2.75) is 29.9 Å². The Bertz CT molecular complexity index is 563. The first-order valence-corrected chi connectivity index (χ1v) is 8.13. The summed E-state index contributed by atoms with van der Waals surface area (Å²) in [7, 11) is 0. The maximum absolute atomic E-state index is 11.6. The largest absolute Gasteiger partial charge is 0.344 e. The van der Waals surface area contributed by atoms with Gasteiger partial charge in [-0.1, -0.05) is 30.0 Å². The highest BCUT2D eigenvalue weighted by Gasteiger charge is 2.11. The maximum Gasteiger partial charge on any atom is 0.344 e. The number of thioether (sulfide) groups is 2. The molecule has 2 aromatic rings. The first-order valence-electron chi connectivity index (χ1n) is 6.16. The molecule has 102 valence electrons. The first-order chi connectivity index (χ1) is 9.18. The zero-order valence-electron chi connectivity index (χ0n) is 11.0. The van der Waals surface area contributed by atoms with Crippen LogP contribution in [0.3, 0.4) is 0 Å². The summed E-state index contributed by atoms with van der Waals surface area (Å²) in [6.45, 7) is 3.97. The third-order valence-electron chi connectivity index (χ3n) is 2.51. The van der Waals surface area contributed by atoms with Gasteiger partial charge in [-0.2, -0.15) is 0 Å². The van der Waals surface area contributed by atoms with Gasteiger partial charge in [-0.3, -0.25) is 4.57 Å². The molecule has 0 aliphatic carbocycles. The van der Waals surface area contributed by atoms with Crippen LogP contribution in [0, 0.1) is 0 Å². The van der Waals surface area contributed by atoms with Gasteiger partial charge in [0.15, 0.2) is 5.16 Å². The van der Waals surface area contributed by atoms with E-state index in [9.17, 15) is 4.79 Å². The fourth-order valence-corrected chi connectivity index (χ4v) is 3.63. The van der Waals surface area contributed by atoms with E-state index in [1.807, 2.05) is 43.8 Å². The van der Waals surface area contributed by atoms with Crippen molar-refractivity contribution in [1.29, 1.82) is 0 Å². The molecule has 0 fully saturated rings. The lowest BCUT2D eigenvalue weighted by Crippen LogP contribution is -2.19. The Balaban J connectivity index is 1.85. The molecule has 1 aromatic carbocycles. The second kappa shape index (κ2) is 6.86. The quantitative estimate of drug-likeness (QED) is 0.657. The monoisotopic (exact) mass is 295 g/mol. The smallest absolute Gasteiger partial charge is 0.268 e. The Hall–Kier alpha value is -1.14. The molecule has 1 heterocycles. The maximum atomic E-state index is 11.6. The summed E-state index contributed by atoms with van der Waals surface area (Å²) in [5.41, 5.74) is -0.131. The SMILES string of the molecule is CC(C)n1c(SCCSc2ccccc2)n[nH]c1=O. The van der Waals surface area contributed by atoms with E-state index in [-0.39, 0.29) is 11.7 Å². The van der Waals surface area contributed by atoms with Gasteiger partial charge in [-0.25, -0.2) is 9.89 Å². The molecule has 6 heteroatoms. The van der Waals surface area contributed by atoms with Crippen LogP contribution in [-0.2, 0) is 0 Å². The fourth-order valence-electron chi connectivity index (χ4n) is 1.66. The van der Waals surface area contributed by atoms with Crippen LogP contribution >= 0.6 is 23.5 Å². The first kappa shape index (κ1) is 14.3. The molecule has 1 N–H and O–H groups in total. The summed E-state index contributed by atoms with van der Waals surface area (Å²) < 4.78 is 1.69. The van der Waals surface area contributed by atoms with Crippen molar-refractivity contribution in [3.63, 3.8) is 0 Å². The summed E-state index contributed by atoms with van der Waals surface area (Å²) in [5, 5.41) is 7.34. The van der Waals surface area contributed by atoms with E-state index in [0.29, 0.717) is 0 Å². The predicted octanol–water partition coefficient (Wildman–Crippen LogP) is 3.04. The molecule has 0 spiro atoms. The minimum absolute atomic E-state index is 0.131. The molecule has 1 aromatic heterocycles. The van der Waals surface area contributed by atoms with Gasteiger partial charge in [0.2, 0.25) is 0 Å². The number of hydrogen-bond donors (Lipinski definition) is 1. The van der Waals surface area contributed by atoms with Crippen molar-refractivity contribution in [1.82, 2.24) is 14.8 Å². The Morgan fingerprint density at radius 1 is 1.21 bits per heavy atom. The van der Waals surface area contributed by atoms with E-state index in [2.05, 4.69) is 22.3 Å².